The molecule has 0 saturated heterocycles. The van der Waals surface area contributed by atoms with E-state index in [0.29, 0.717) is 50.7 Å². The Kier molecular flexibility index (Phi) is 9.07. The van der Waals surface area contributed by atoms with E-state index in [1.54, 1.807) is 63.2 Å². The summed E-state index contributed by atoms with van der Waals surface area (Å²) in [4.78, 5) is 51.4. The average molecular weight is 603 g/mol. The number of hydrogen-bond acceptors (Lipinski definition) is 7. The molecule has 2 aromatic carbocycles. The highest BCUT2D eigenvalue weighted by atomic mass is 35.5. The Labute approximate surface area is 253 Å². The van der Waals surface area contributed by atoms with Gasteiger partial charge in [-0.3, -0.25) is 19.5 Å². The topological polar surface area (TPSA) is 136 Å². The predicted octanol–water partition coefficient (Wildman–Crippen LogP) is 5.75. The fourth-order valence-electron chi connectivity index (χ4n) is 4.73. The summed E-state index contributed by atoms with van der Waals surface area (Å²) in [5.74, 6) is 0.122. The number of pyridine rings is 1. The third-order valence-corrected chi connectivity index (χ3v) is 6.92. The lowest BCUT2D eigenvalue weighted by atomic mass is 9.98. The molecule has 0 spiro atoms. The van der Waals surface area contributed by atoms with E-state index in [0.717, 1.165) is 4.68 Å². The van der Waals surface area contributed by atoms with Gasteiger partial charge < -0.3 is 14.0 Å². The second kappa shape index (κ2) is 12.5. The molecule has 1 unspecified atom stereocenters. The number of nitrogens with zero attached hydrogens (tertiary/aromatic N) is 3. The predicted molar refractivity (Wildman–Crippen MR) is 163 cm³/mol. The number of H-pyrrole nitrogens is 1. The molecule has 0 saturated carbocycles. The molecule has 0 amide bonds. The highest BCUT2D eigenvalue weighted by Gasteiger charge is 2.24. The summed E-state index contributed by atoms with van der Waals surface area (Å²) >= 11 is 6.16. The van der Waals surface area contributed by atoms with Crippen LogP contribution in [0.25, 0.3) is 22.4 Å². The number of methoxy groups -OCH3 is 1. The van der Waals surface area contributed by atoms with Crippen LogP contribution >= 0.6 is 11.6 Å². The van der Waals surface area contributed by atoms with Crippen molar-refractivity contribution >= 4 is 23.5 Å². The number of halogens is 1. The first-order valence-electron chi connectivity index (χ1n) is 13.5. The van der Waals surface area contributed by atoms with E-state index in [9.17, 15) is 24.4 Å². The van der Waals surface area contributed by atoms with Crippen molar-refractivity contribution in [2.45, 2.75) is 52.2 Å². The summed E-state index contributed by atoms with van der Waals surface area (Å²) in [5.41, 5.74) is 1.11. The van der Waals surface area contributed by atoms with Crippen LogP contribution in [-0.4, -0.2) is 38.9 Å². The third-order valence-electron chi connectivity index (χ3n) is 6.69. The van der Waals surface area contributed by atoms with Crippen molar-refractivity contribution in [1.82, 2.24) is 14.3 Å². The lowest BCUT2D eigenvalue weighted by molar-refractivity contribution is -0.121. The van der Waals surface area contributed by atoms with Crippen molar-refractivity contribution in [3.05, 3.63) is 97.7 Å². The molecule has 0 bridgehead atoms. The minimum absolute atomic E-state index is 0.0359. The Morgan fingerprint density at radius 2 is 1.74 bits per heavy atom. The van der Waals surface area contributed by atoms with Gasteiger partial charge in [0.1, 0.15) is 11.4 Å². The molecule has 222 valence electrons. The van der Waals surface area contributed by atoms with E-state index < -0.39 is 28.9 Å². The van der Waals surface area contributed by atoms with Gasteiger partial charge in [-0.05, 0) is 51.0 Å². The number of benzene rings is 2. The molecule has 1 atom stereocenters. The van der Waals surface area contributed by atoms with Crippen molar-refractivity contribution < 1.29 is 19.1 Å². The van der Waals surface area contributed by atoms with Crippen LogP contribution in [0.15, 0.2) is 70.4 Å². The summed E-state index contributed by atoms with van der Waals surface area (Å²) in [5, 5.41) is 12.4. The molecule has 0 radical (unpaired) electrons. The Balaban J connectivity index is 1.60. The molecule has 0 fully saturated rings. The van der Waals surface area contributed by atoms with Gasteiger partial charge in [-0.2, -0.15) is 9.94 Å². The molecular formula is C32H31ClN4O6. The van der Waals surface area contributed by atoms with Gasteiger partial charge in [0, 0.05) is 40.3 Å². The van der Waals surface area contributed by atoms with Gasteiger partial charge in [0.2, 0.25) is 0 Å². The van der Waals surface area contributed by atoms with E-state index in [2.05, 4.69) is 11.2 Å². The number of nitriles is 1. The average Bonchev–Trinajstić information content (AvgIpc) is 3.35. The quantitative estimate of drug-likeness (QED) is 0.271. The maximum absolute atomic E-state index is 13.5. The molecule has 43 heavy (non-hydrogen) atoms. The lowest BCUT2D eigenvalue weighted by Gasteiger charge is -2.20. The van der Waals surface area contributed by atoms with Crippen LogP contribution in [0.3, 0.4) is 0 Å². The van der Waals surface area contributed by atoms with Gasteiger partial charge >= 0.3 is 6.09 Å². The monoisotopic (exact) mass is 602 g/mol. The molecular weight excluding hydrogens is 572 g/mol. The van der Waals surface area contributed by atoms with Crippen LogP contribution in [0.5, 0.6) is 5.75 Å². The third kappa shape index (κ3) is 6.96. The van der Waals surface area contributed by atoms with Crippen molar-refractivity contribution in [1.29, 1.82) is 5.26 Å². The van der Waals surface area contributed by atoms with Gasteiger partial charge in [-0.25, -0.2) is 4.79 Å². The number of carbonyl (C=O) groups is 2. The second-order valence-corrected chi connectivity index (χ2v) is 11.3. The highest BCUT2D eigenvalue weighted by Crippen LogP contribution is 2.33. The van der Waals surface area contributed by atoms with E-state index in [-0.39, 0.29) is 12.2 Å². The largest absolute Gasteiger partial charge is 0.495 e. The number of aromatic nitrogens is 3. The summed E-state index contributed by atoms with van der Waals surface area (Å²) in [6.45, 7) is 6.99. The second-order valence-electron chi connectivity index (χ2n) is 10.9. The smallest absolute Gasteiger partial charge is 0.434 e. The van der Waals surface area contributed by atoms with Gasteiger partial charge in [0.25, 0.3) is 11.1 Å². The number of Topliss-reactive ketones (excluding diaryl/α,β-unsaturated/α-hetero) is 1. The Bertz CT molecular complexity index is 1840. The van der Waals surface area contributed by atoms with Gasteiger partial charge in [-0.1, -0.05) is 42.8 Å². The van der Waals surface area contributed by atoms with Gasteiger partial charge in [0.05, 0.1) is 36.7 Å². The van der Waals surface area contributed by atoms with Crippen LogP contribution in [0.4, 0.5) is 4.79 Å². The zero-order valence-electron chi connectivity index (χ0n) is 24.4. The van der Waals surface area contributed by atoms with Crippen LogP contribution < -0.4 is 15.9 Å². The SMILES string of the molecule is CCC(C(=O)Cc1ccc(-c2cc(=O)[nH]n2C(=O)OC(C)(C)C)cc1)n1cc(OC)c(-c2cc(Cl)ccc2C#N)cc1=O. The number of ether oxygens (including phenoxy) is 2. The summed E-state index contributed by atoms with van der Waals surface area (Å²) in [7, 11) is 1.45. The van der Waals surface area contributed by atoms with Crippen molar-refractivity contribution in [2.75, 3.05) is 7.11 Å². The number of carbonyl (C=O) groups excluding carboxylic acids is 2. The normalized spacial score (nSPS) is 11.9. The fraction of sp³-hybridized carbons (Fsp3) is 0.281. The molecule has 4 aromatic rings. The van der Waals surface area contributed by atoms with E-state index in [1.165, 1.54) is 30.0 Å². The molecule has 10 nitrogen and oxygen atoms in total. The number of aromatic amines is 1. The molecule has 0 aliphatic carbocycles. The maximum Gasteiger partial charge on any atom is 0.434 e. The molecule has 4 rings (SSSR count). The molecule has 11 heteroatoms. The summed E-state index contributed by atoms with van der Waals surface area (Å²) in [6, 6.07) is 15.6. The molecule has 0 aliphatic rings. The van der Waals surface area contributed by atoms with Crippen LogP contribution in [0.2, 0.25) is 5.02 Å². The van der Waals surface area contributed by atoms with E-state index in [4.69, 9.17) is 21.1 Å². The first-order valence-corrected chi connectivity index (χ1v) is 13.9. The zero-order valence-corrected chi connectivity index (χ0v) is 25.2. The van der Waals surface area contributed by atoms with Crippen LogP contribution in [-0.2, 0) is 16.0 Å². The van der Waals surface area contributed by atoms with Gasteiger partial charge in [-0.15, -0.1) is 0 Å². The molecule has 1 N–H and O–H groups in total. The molecule has 2 aromatic heterocycles. The lowest BCUT2D eigenvalue weighted by Crippen LogP contribution is -2.30. The first-order chi connectivity index (χ1) is 20.3. The minimum atomic E-state index is -0.771. The van der Waals surface area contributed by atoms with Gasteiger partial charge in [0.15, 0.2) is 5.78 Å². The van der Waals surface area contributed by atoms with Crippen molar-refractivity contribution in [3.8, 4) is 34.2 Å². The Morgan fingerprint density at radius 1 is 1.05 bits per heavy atom. The Hall–Kier alpha value is -4.88. The van der Waals surface area contributed by atoms with Crippen molar-refractivity contribution in [3.63, 3.8) is 0 Å². The first kappa shape index (κ1) is 31.1. The van der Waals surface area contributed by atoms with Crippen LogP contribution in [0.1, 0.15) is 51.3 Å². The maximum atomic E-state index is 13.5. The number of rotatable bonds is 8. The number of ketones is 1. The Morgan fingerprint density at radius 3 is 2.35 bits per heavy atom. The van der Waals surface area contributed by atoms with Crippen molar-refractivity contribution in [2.24, 2.45) is 0 Å². The molecule has 0 aliphatic heterocycles. The summed E-state index contributed by atoms with van der Waals surface area (Å²) < 4.78 is 13.3. The zero-order chi connectivity index (χ0) is 31.5. The fourth-order valence-corrected chi connectivity index (χ4v) is 4.90. The highest BCUT2D eigenvalue weighted by molar-refractivity contribution is 6.31. The molecule has 2 heterocycles. The summed E-state index contributed by atoms with van der Waals surface area (Å²) in [6.07, 6.45) is 1.15. The number of hydrogen-bond donors (Lipinski definition) is 1. The van der Waals surface area contributed by atoms with E-state index >= 15 is 0 Å². The van der Waals surface area contributed by atoms with E-state index in [1.807, 2.05) is 6.92 Å². The standard InChI is InChI=1S/C32H31ClN4O6/c1-6-25(36-18-28(42-5)24(15-30(36)40)23-14-22(33)12-11-21(23)17-34)27(38)13-19-7-9-20(10-8-19)26-16-29(39)35-37(26)31(41)43-32(2,3)4/h7-12,14-16,18,25H,6,13H2,1-5H3,(H,35,39). The van der Waals surface area contributed by atoms with Crippen LogP contribution in [0, 0.1) is 11.3 Å². The minimum Gasteiger partial charge on any atom is -0.495 e. The number of nitrogens with one attached hydrogen (secondary N) is 1.